The largest absolute Gasteiger partial charge is 0.480 e. The highest BCUT2D eigenvalue weighted by Crippen LogP contribution is 2.27. The molecular formula is C15H15NO6S. The number of carboxylic acids is 1. The van der Waals surface area contributed by atoms with Gasteiger partial charge < -0.3 is 9.52 Å². The van der Waals surface area contributed by atoms with Crippen molar-refractivity contribution in [3.8, 4) is 0 Å². The molecule has 2 aromatic rings. The van der Waals surface area contributed by atoms with Gasteiger partial charge in [0.1, 0.15) is 11.6 Å². The molecule has 1 fully saturated rings. The van der Waals surface area contributed by atoms with E-state index in [9.17, 15) is 23.1 Å². The van der Waals surface area contributed by atoms with Crippen LogP contribution in [0.25, 0.3) is 11.0 Å². The maximum absolute atomic E-state index is 12.8. The molecule has 0 bridgehead atoms. The Morgan fingerprint density at radius 3 is 2.74 bits per heavy atom. The van der Waals surface area contributed by atoms with E-state index < -0.39 is 27.7 Å². The van der Waals surface area contributed by atoms with Crippen LogP contribution in [0.4, 0.5) is 0 Å². The van der Waals surface area contributed by atoms with Crippen molar-refractivity contribution in [2.45, 2.75) is 30.2 Å². The van der Waals surface area contributed by atoms with E-state index >= 15 is 0 Å². The van der Waals surface area contributed by atoms with Crippen LogP contribution in [0.5, 0.6) is 0 Å². The van der Waals surface area contributed by atoms with E-state index in [0.29, 0.717) is 24.6 Å². The molecule has 0 saturated carbocycles. The summed E-state index contributed by atoms with van der Waals surface area (Å²) in [6.07, 6.45) is 1.62. The lowest BCUT2D eigenvalue weighted by molar-refractivity contribution is -0.142. The predicted octanol–water partition coefficient (Wildman–Crippen LogP) is 1.42. The maximum Gasteiger partial charge on any atom is 0.336 e. The lowest BCUT2D eigenvalue weighted by Gasteiger charge is -2.31. The molecule has 23 heavy (non-hydrogen) atoms. The minimum absolute atomic E-state index is 0.00741. The van der Waals surface area contributed by atoms with Crippen molar-refractivity contribution in [1.82, 2.24) is 4.31 Å². The Hall–Kier alpha value is -2.19. The first-order valence-electron chi connectivity index (χ1n) is 7.18. The molecule has 122 valence electrons. The van der Waals surface area contributed by atoms with Crippen LogP contribution in [0, 0.1) is 0 Å². The number of carbonyl (C=O) groups is 1. The minimum Gasteiger partial charge on any atom is -0.480 e. The third-order valence-corrected chi connectivity index (χ3v) is 5.84. The first-order chi connectivity index (χ1) is 10.9. The molecule has 0 radical (unpaired) electrons. The molecule has 1 N–H and O–H groups in total. The normalized spacial score (nSPS) is 19.7. The van der Waals surface area contributed by atoms with Crippen molar-refractivity contribution >= 4 is 27.0 Å². The number of hydrogen-bond donors (Lipinski definition) is 1. The zero-order valence-corrected chi connectivity index (χ0v) is 13.0. The van der Waals surface area contributed by atoms with Gasteiger partial charge in [-0.15, -0.1) is 0 Å². The number of fused-ring (bicyclic) bond motifs is 1. The summed E-state index contributed by atoms with van der Waals surface area (Å²) >= 11 is 0. The standard InChI is InChI=1S/C15H15NO6S/c17-14-7-4-10-9-11(5-6-13(10)22-14)23(20,21)16-8-2-1-3-12(16)15(18)19/h4-7,9,12H,1-3,8H2,(H,18,19)/t12-/m1/s1. The lowest BCUT2D eigenvalue weighted by Crippen LogP contribution is -2.47. The quantitative estimate of drug-likeness (QED) is 0.849. The second-order valence-electron chi connectivity index (χ2n) is 5.42. The van der Waals surface area contributed by atoms with E-state index in [1.807, 2.05) is 0 Å². The summed E-state index contributed by atoms with van der Waals surface area (Å²) in [5.74, 6) is -1.14. The Kier molecular flexibility index (Phi) is 3.95. The molecule has 0 spiro atoms. The molecule has 2 heterocycles. The molecule has 0 aliphatic carbocycles. The SMILES string of the molecule is O=C(O)[C@H]1CCCCN1S(=O)(=O)c1ccc2oc(=O)ccc2c1. The fraction of sp³-hybridized carbons (Fsp3) is 0.333. The third kappa shape index (κ3) is 2.87. The van der Waals surface area contributed by atoms with Gasteiger partial charge in [-0.05, 0) is 43.5 Å². The van der Waals surface area contributed by atoms with Gasteiger partial charge in [-0.2, -0.15) is 4.31 Å². The lowest BCUT2D eigenvalue weighted by atomic mass is 10.1. The van der Waals surface area contributed by atoms with E-state index in [0.717, 1.165) is 4.31 Å². The number of nitrogens with zero attached hydrogens (tertiary/aromatic N) is 1. The number of aliphatic carboxylic acids is 1. The Morgan fingerprint density at radius 1 is 1.22 bits per heavy atom. The molecule has 1 aliphatic rings. The van der Waals surface area contributed by atoms with Crippen LogP contribution < -0.4 is 5.63 Å². The fourth-order valence-electron chi connectivity index (χ4n) is 2.79. The molecule has 1 aromatic heterocycles. The first kappa shape index (κ1) is 15.7. The summed E-state index contributed by atoms with van der Waals surface area (Å²) in [4.78, 5) is 22.5. The van der Waals surface area contributed by atoms with Crippen molar-refractivity contribution in [2.75, 3.05) is 6.54 Å². The van der Waals surface area contributed by atoms with Crippen molar-refractivity contribution < 1.29 is 22.7 Å². The predicted molar refractivity (Wildman–Crippen MR) is 81.7 cm³/mol. The highest BCUT2D eigenvalue weighted by molar-refractivity contribution is 7.89. The fourth-order valence-corrected chi connectivity index (χ4v) is 4.47. The van der Waals surface area contributed by atoms with Crippen molar-refractivity contribution in [2.24, 2.45) is 0 Å². The number of benzene rings is 1. The van der Waals surface area contributed by atoms with Crippen LogP contribution in [0.2, 0.25) is 0 Å². The van der Waals surface area contributed by atoms with Crippen LogP contribution in [0.15, 0.2) is 44.4 Å². The van der Waals surface area contributed by atoms with Gasteiger partial charge in [0.15, 0.2) is 0 Å². The highest BCUT2D eigenvalue weighted by Gasteiger charge is 2.37. The molecule has 1 aromatic carbocycles. The molecule has 8 heteroatoms. The summed E-state index contributed by atoms with van der Waals surface area (Å²) in [6, 6.07) is 5.77. The summed E-state index contributed by atoms with van der Waals surface area (Å²) in [6.45, 7) is 0.182. The molecule has 1 atom stereocenters. The van der Waals surface area contributed by atoms with E-state index in [-0.39, 0.29) is 17.0 Å². The van der Waals surface area contributed by atoms with Crippen molar-refractivity contribution in [3.05, 3.63) is 40.8 Å². The number of piperidine rings is 1. The second-order valence-corrected chi connectivity index (χ2v) is 7.31. The summed E-state index contributed by atoms with van der Waals surface area (Å²) in [7, 11) is -3.93. The summed E-state index contributed by atoms with van der Waals surface area (Å²) < 4.78 is 31.6. The van der Waals surface area contributed by atoms with Gasteiger partial charge in [0.2, 0.25) is 10.0 Å². The minimum atomic E-state index is -3.93. The van der Waals surface area contributed by atoms with Crippen molar-refractivity contribution in [1.29, 1.82) is 0 Å². The van der Waals surface area contributed by atoms with Gasteiger partial charge in [0.05, 0.1) is 4.90 Å². The molecule has 3 rings (SSSR count). The van der Waals surface area contributed by atoms with Gasteiger partial charge >= 0.3 is 11.6 Å². The highest BCUT2D eigenvalue weighted by atomic mass is 32.2. The summed E-state index contributed by atoms with van der Waals surface area (Å²) in [5, 5.41) is 9.73. The molecule has 1 aliphatic heterocycles. The van der Waals surface area contributed by atoms with Gasteiger partial charge in [0.25, 0.3) is 0 Å². The zero-order chi connectivity index (χ0) is 16.6. The van der Waals surface area contributed by atoms with Crippen LogP contribution in [-0.2, 0) is 14.8 Å². The van der Waals surface area contributed by atoms with Gasteiger partial charge in [-0.1, -0.05) is 0 Å². The topological polar surface area (TPSA) is 105 Å². The second kappa shape index (κ2) is 5.78. The Bertz CT molecular complexity index is 917. The average Bonchev–Trinajstić information content (AvgIpc) is 2.54. The number of sulfonamides is 1. The van der Waals surface area contributed by atoms with Gasteiger partial charge in [-0.3, -0.25) is 4.79 Å². The Labute approximate surface area is 132 Å². The monoisotopic (exact) mass is 337 g/mol. The average molecular weight is 337 g/mol. The zero-order valence-electron chi connectivity index (χ0n) is 12.1. The third-order valence-electron chi connectivity index (χ3n) is 3.94. The van der Waals surface area contributed by atoms with Crippen LogP contribution in [-0.4, -0.2) is 36.4 Å². The molecule has 1 saturated heterocycles. The van der Waals surface area contributed by atoms with E-state index in [1.54, 1.807) is 0 Å². The maximum atomic E-state index is 12.8. The molecule has 7 nitrogen and oxygen atoms in total. The Morgan fingerprint density at radius 2 is 2.00 bits per heavy atom. The van der Waals surface area contributed by atoms with E-state index in [2.05, 4.69) is 0 Å². The van der Waals surface area contributed by atoms with Crippen molar-refractivity contribution in [3.63, 3.8) is 0 Å². The first-order valence-corrected chi connectivity index (χ1v) is 8.62. The van der Waals surface area contributed by atoms with Crippen LogP contribution in [0.1, 0.15) is 19.3 Å². The van der Waals surface area contributed by atoms with E-state index in [1.165, 1.54) is 30.3 Å². The molecule has 0 amide bonds. The number of carboxylic acid groups (broad SMARTS) is 1. The summed E-state index contributed by atoms with van der Waals surface area (Å²) in [5.41, 5.74) is -0.236. The van der Waals surface area contributed by atoms with Crippen LogP contribution >= 0.6 is 0 Å². The van der Waals surface area contributed by atoms with Gasteiger partial charge in [0, 0.05) is 18.0 Å². The Balaban J connectivity index is 2.06. The smallest absolute Gasteiger partial charge is 0.336 e. The van der Waals surface area contributed by atoms with E-state index in [4.69, 9.17) is 4.42 Å². The van der Waals surface area contributed by atoms with Gasteiger partial charge in [-0.25, -0.2) is 13.2 Å². The number of rotatable bonds is 3. The number of hydrogen-bond acceptors (Lipinski definition) is 5. The molecular weight excluding hydrogens is 322 g/mol. The van der Waals surface area contributed by atoms with Crippen LogP contribution in [0.3, 0.4) is 0 Å². The molecule has 0 unspecified atom stereocenters.